The van der Waals surface area contributed by atoms with Crippen LogP contribution >= 0.6 is 0 Å². The minimum atomic E-state index is -0.319. The first kappa shape index (κ1) is 62.2. The standard InChI is InChI=1S/C97H82/c1-3-5-7-39-65-97(66-40-8-6-4-2)83-67-79(95-91(75-53-31-15-32-54-75)87(71-45-23-11-24-46-71)85(69-41-19-9-20-42-69)88(72-47-25-12-26-48-72)92(95)76-55-33-16-34-56-76)61-63-81(83)82-64-62-80(68-84(82)97)96-93(77-57-35-17-36-58-77)89(73-49-27-13-28-50-73)86(70-43-21-10-22-44-70)90(74-51-29-14-30-52-74)94(96)78-59-37-18-38-60-78/h9-38,41-64,67-68H,3-8,39-40,65-66H2,1-2H3. The second-order valence-electron chi connectivity index (χ2n) is 26.4. The molecule has 470 valence electrons. The molecule has 0 heteroatoms. The molecule has 0 saturated heterocycles. The van der Waals surface area contributed by atoms with Gasteiger partial charge in [-0.2, -0.15) is 0 Å². The Morgan fingerprint density at radius 2 is 0.351 bits per heavy atom. The zero-order valence-electron chi connectivity index (χ0n) is 55.9. The average molecular weight is 1250 g/mol. The summed E-state index contributed by atoms with van der Waals surface area (Å²) in [7, 11) is 0. The van der Waals surface area contributed by atoms with Gasteiger partial charge in [-0.1, -0.05) is 393 Å². The van der Waals surface area contributed by atoms with Gasteiger partial charge in [-0.3, -0.25) is 0 Å². The first-order valence-electron chi connectivity index (χ1n) is 35.5. The molecule has 97 heavy (non-hydrogen) atoms. The highest BCUT2D eigenvalue weighted by molar-refractivity contribution is 6.17. The van der Waals surface area contributed by atoms with E-state index in [1.165, 1.54) is 194 Å². The molecule has 0 aliphatic heterocycles. The molecule has 0 nitrogen and oxygen atoms in total. The first-order chi connectivity index (χ1) is 48.1. The van der Waals surface area contributed by atoms with E-state index in [9.17, 15) is 0 Å². The van der Waals surface area contributed by atoms with Crippen LogP contribution in [0.5, 0.6) is 0 Å². The van der Waals surface area contributed by atoms with Crippen LogP contribution in [0.25, 0.3) is 145 Å². The maximum absolute atomic E-state index is 2.72. The van der Waals surface area contributed by atoms with Crippen molar-refractivity contribution in [3.63, 3.8) is 0 Å². The van der Waals surface area contributed by atoms with E-state index in [4.69, 9.17) is 0 Å². The molecule has 0 fully saturated rings. The van der Waals surface area contributed by atoms with E-state index in [1.807, 2.05) is 0 Å². The molecule has 1 aliphatic rings. The van der Waals surface area contributed by atoms with Gasteiger partial charge in [0.2, 0.25) is 0 Å². The summed E-state index contributed by atoms with van der Waals surface area (Å²) in [5.41, 5.74) is 34.5. The predicted octanol–water partition coefficient (Wildman–Crippen LogP) is 27.9. The van der Waals surface area contributed by atoms with Crippen LogP contribution in [0.3, 0.4) is 0 Å². The van der Waals surface area contributed by atoms with Crippen molar-refractivity contribution in [3.8, 4) is 145 Å². The Balaban J connectivity index is 1.08. The Kier molecular flexibility index (Phi) is 18.3. The van der Waals surface area contributed by atoms with Crippen molar-refractivity contribution in [1.82, 2.24) is 0 Å². The predicted molar refractivity (Wildman–Crippen MR) is 415 cm³/mol. The van der Waals surface area contributed by atoms with Crippen molar-refractivity contribution in [2.75, 3.05) is 0 Å². The Morgan fingerprint density at radius 1 is 0.175 bits per heavy atom. The summed E-state index contributed by atoms with van der Waals surface area (Å²) in [4.78, 5) is 0. The van der Waals surface area contributed by atoms with Crippen LogP contribution in [0.4, 0.5) is 0 Å². The average Bonchev–Trinajstić information content (AvgIpc) is 1.36. The molecule has 0 amide bonds. The maximum Gasteiger partial charge on any atom is 0.0215 e. The second kappa shape index (κ2) is 28.6. The molecule has 0 saturated carbocycles. The Hall–Kier alpha value is -10.9. The lowest BCUT2D eigenvalue weighted by Gasteiger charge is -2.34. The lowest BCUT2D eigenvalue weighted by atomic mass is 9.68. The molecule has 0 aromatic heterocycles. The summed E-state index contributed by atoms with van der Waals surface area (Å²) in [6, 6.07) is 128. The molecule has 14 aromatic rings. The van der Waals surface area contributed by atoms with Crippen LogP contribution in [0, 0.1) is 0 Å². The molecule has 1 aliphatic carbocycles. The summed E-state index contributed by atoms with van der Waals surface area (Å²) in [6.07, 6.45) is 11.5. The summed E-state index contributed by atoms with van der Waals surface area (Å²) >= 11 is 0. The lowest BCUT2D eigenvalue weighted by Crippen LogP contribution is -2.25. The van der Waals surface area contributed by atoms with Crippen molar-refractivity contribution < 1.29 is 0 Å². The zero-order valence-corrected chi connectivity index (χ0v) is 55.9. The highest BCUT2D eigenvalue weighted by Gasteiger charge is 2.44. The van der Waals surface area contributed by atoms with Crippen molar-refractivity contribution in [2.45, 2.75) is 83.5 Å². The van der Waals surface area contributed by atoms with Gasteiger partial charge in [-0.15, -0.1) is 0 Å². The Morgan fingerprint density at radius 3 is 0.526 bits per heavy atom. The number of rotatable bonds is 22. The van der Waals surface area contributed by atoms with Gasteiger partial charge >= 0.3 is 0 Å². The van der Waals surface area contributed by atoms with Crippen LogP contribution in [0.15, 0.2) is 340 Å². The summed E-state index contributed by atoms with van der Waals surface area (Å²) in [5.74, 6) is 0. The van der Waals surface area contributed by atoms with E-state index in [0.717, 1.165) is 25.7 Å². The smallest absolute Gasteiger partial charge is 0.0215 e. The molecular formula is C97H82. The van der Waals surface area contributed by atoms with Gasteiger partial charge in [0.1, 0.15) is 0 Å². The van der Waals surface area contributed by atoms with Gasteiger partial charge in [-0.25, -0.2) is 0 Å². The summed E-state index contributed by atoms with van der Waals surface area (Å²) < 4.78 is 0. The van der Waals surface area contributed by atoms with Crippen LogP contribution in [-0.2, 0) is 5.41 Å². The highest BCUT2D eigenvalue weighted by atomic mass is 14.5. The molecule has 14 aromatic carbocycles. The minimum Gasteiger partial charge on any atom is -0.0654 e. The van der Waals surface area contributed by atoms with E-state index < -0.39 is 0 Å². The van der Waals surface area contributed by atoms with Gasteiger partial charge in [0, 0.05) is 5.41 Å². The van der Waals surface area contributed by atoms with Gasteiger partial charge < -0.3 is 0 Å². The maximum atomic E-state index is 2.72. The fraction of sp³-hybridized carbons (Fsp3) is 0.134. The topological polar surface area (TPSA) is 0 Å². The number of unbranched alkanes of at least 4 members (excludes halogenated alkanes) is 6. The van der Waals surface area contributed by atoms with E-state index in [0.29, 0.717) is 0 Å². The number of hydrogen-bond acceptors (Lipinski definition) is 0. The third-order valence-electron chi connectivity index (χ3n) is 20.5. The van der Waals surface area contributed by atoms with E-state index in [1.54, 1.807) is 0 Å². The van der Waals surface area contributed by atoms with Crippen LogP contribution in [0.1, 0.15) is 89.2 Å². The molecule has 0 atom stereocenters. The van der Waals surface area contributed by atoms with Gasteiger partial charge in [0.05, 0.1) is 0 Å². The quantitative estimate of drug-likeness (QED) is 0.0593. The third kappa shape index (κ3) is 12.0. The van der Waals surface area contributed by atoms with E-state index in [-0.39, 0.29) is 5.41 Å². The minimum absolute atomic E-state index is 0.319. The molecule has 0 heterocycles. The van der Waals surface area contributed by atoms with Crippen LogP contribution in [-0.4, -0.2) is 0 Å². The molecule has 0 N–H and O–H groups in total. The van der Waals surface area contributed by atoms with Crippen molar-refractivity contribution in [3.05, 3.63) is 351 Å². The van der Waals surface area contributed by atoms with Gasteiger partial charge in [-0.05, 0) is 181 Å². The second-order valence-corrected chi connectivity index (χ2v) is 26.4. The Labute approximate surface area is 575 Å². The largest absolute Gasteiger partial charge is 0.0654 e. The van der Waals surface area contributed by atoms with Crippen molar-refractivity contribution >= 4 is 0 Å². The third-order valence-corrected chi connectivity index (χ3v) is 20.5. The monoisotopic (exact) mass is 1250 g/mol. The van der Waals surface area contributed by atoms with Crippen molar-refractivity contribution in [1.29, 1.82) is 0 Å². The number of fused-ring (bicyclic) bond motifs is 3. The fourth-order valence-electron chi connectivity index (χ4n) is 16.2. The number of benzene rings is 14. The van der Waals surface area contributed by atoms with E-state index in [2.05, 4.69) is 354 Å². The Bertz CT molecular complexity index is 4440. The molecule has 0 unspecified atom stereocenters. The summed E-state index contributed by atoms with van der Waals surface area (Å²) in [6.45, 7) is 4.71. The van der Waals surface area contributed by atoms with Gasteiger partial charge in [0.25, 0.3) is 0 Å². The molecule has 0 radical (unpaired) electrons. The molecule has 0 bridgehead atoms. The van der Waals surface area contributed by atoms with Gasteiger partial charge in [0.15, 0.2) is 0 Å². The molecule has 15 rings (SSSR count). The highest BCUT2D eigenvalue weighted by Crippen LogP contribution is 2.62. The molecule has 0 spiro atoms. The normalized spacial score (nSPS) is 12.1. The van der Waals surface area contributed by atoms with E-state index >= 15 is 0 Å². The number of hydrogen-bond donors (Lipinski definition) is 0. The van der Waals surface area contributed by atoms with Crippen molar-refractivity contribution in [2.24, 2.45) is 0 Å². The van der Waals surface area contributed by atoms with Crippen LogP contribution in [0.2, 0.25) is 0 Å². The fourth-order valence-corrected chi connectivity index (χ4v) is 16.2. The summed E-state index contributed by atoms with van der Waals surface area (Å²) in [5, 5.41) is 0. The lowest BCUT2D eigenvalue weighted by molar-refractivity contribution is 0.401. The zero-order chi connectivity index (χ0) is 65.3. The SMILES string of the molecule is CCCCCCC1(CCCCCC)c2cc(-c3c(-c4ccccc4)c(-c4ccccc4)c(-c4ccccc4)c(-c4ccccc4)c3-c3ccccc3)ccc2-c2ccc(-c3c(-c4ccccc4)c(-c4ccccc4)c(-c4ccccc4)c(-c4ccccc4)c3-c3ccccc3)cc21. The first-order valence-corrected chi connectivity index (χ1v) is 35.5. The van der Waals surface area contributed by atoms with Crippen LogP contribution < -0.4 is 0 Å². The molecular weight excluding hydrogens is 1170 g/mol.